The van der Waals surface area contributed by atoms with Crippen LogP contribution in [0, 0.1) is 6.92 Å². The lowest BCUT2D eigenvalue weighted by molar-refractivity contribution is -0.115. The van der Waals surface area contributed by atoms with Crippen molar-refractivity contribution in [2.45, 2.75) is 43.2 Å². The molecule has 0 saturated carbocycles. The number of hydrogen-bond acceptors (Lipinski definition) is 5. The van der Waals surface area contributed by atoms with Gasteiger partial charge in [-0.05, 0) is 37.5 Å². The molecule has 1 aromatic carbocycles. The Labute approximate surface area is 133 Å². The number of nitrogens with zero attached hydrogens (tertiary/aromatic N) is 2. The van der Waals surface area contributed by atoms with Crippen LogP contribution in [-0.2, 0) is 4.79 Å². The van der Waals surface area contributed by atoms with Crippen LogP contribution >= 0.6 is 23.1 Å². The van der Waals surface area contributed by atoms with Gasteiger partial charge in [0.1, 0.15) is 5.01 Å². The number of amides is 1. The topological polar surface area (TPSA) is 54.9 Å². The molecule has 21 heavy (non-hydrogen) atoms. The van der Waals surface area contributed by atoms with Crippen LogP contribution in [0.4, 0.5) is 5.69 Å². The van der Waals surface area contributed by atoms with E-state index in [2.05, 4.69) is 29.4 Å². The molecule has 4 nitrogen and oxygen atoms in total. The van der Waals surface area contributed by atoms with E-state index in [0.29, 0.717) is 5.92 Å². The first-order valence-corrected chi connectivity index (χ1v) is 8.53. The van der Waals surface area contributed by atoms with Crippen LogP contribution in [0.2, 0.25) is 0 Å². The van der Waals surface area contributed by atoms with Crippen LogP contribution in [0.5, 0.6) is 0 Å². The number of aromatic nitrogens is 2. The highest BCUT2D eigenvalue weighted by Gasteiger charge is 2.16. The highest BCUT2D eigenvalue weighted by molar-refractivity contribution is 8.02. The third kappa shape index (κ3) is 4.54. The summed E-state index contributed by atoms with van der Waals surface area (Å²) < 4.78 is 0.824. The minimum absolute atomic E-state index is 0.0230. The molecule has 1 unspecified atom stereocenters. The molecule has 1 heterocycles. The molecule has 0 spiro atoms. The number of carbonyl (C=O) groups excluding carboxylic acids is 1. The molecule has 1 N–H and O–H groups in total. The summed E-state index contributed by atoms with van der Waals surface area (Å²) in [5, 5.41) is 11.6. The van der Waals surface area contributed by atoms with E-state index in [1.807, 2.05) is 38.1 Å². The van der Waals surface area contributed by atoms with Crippen molar-refractivity contribution in [1.29, 1.82) is 0 Å². The van der Waals surface area contributed by atoms with Crippen LogP contribution < -0.4 is 5.32 Å². The van der Waals surface area contributed by atoms with Gasteiger partial charge < -0.3 is 5.32 Å². The van der Waals surface area contributed by atoms with Crippen molar-refractivity contribution >= 4 is 34.7 Å². The van der Waals surface area contributed by atoms with Crippen molar-refractivity contribution < 1.29 is 4.79 Å². The minimum atomic E-state index is -0.206. The van der Waals surface area contributed by atoms with Gasteiger partial charge in [-0.1, -0.05) is 49.1 Å². The van der Waals surface area contributed by atoms with Gasteiger partial charge in [0.2, 0.25) is 5.91 Å². The van der Waals surface area contributed by atoms with Crippen molar-refractivity contribution in [2.24, 2.45) is 0 Å². The lowest BCUT2D eigenvalue weighted by Crippen LogP contribution is -2.22. The Hall–Kier alpha value is -1.40. The van der Waals surface area contributed by atoms with Gasteiger partial charge in [0, 0.05) is 5.69 Å². The van der Waals surface area contributed by atoms with Crippen molar-refractivity contribution in [3.8, 4) is 0 Å². The molecular formula is C15H19N3OS2. The number of carbonyl (C=O) groups is 1. The third-order valence-electron chi connectivity index (χ3n) is 3.00. The van der Waals surface area contributed by atoms with Crippen LogP contribution in [0.15, 0.2) is 28.6 Å². The van der Waals surface area contributed by atoms with E-state index in [4.69, 9.17) is 0 Å². The number of hydrogen-bond donors (Lipinski definition) is 1. The van der Waals surface area contributed by atoms with Crippen LogP contribution in [-0.4, -0.2) is 21.4 Å². The van der Waals surface area contributed by atoms with Crippen molar-refractivity contribution in [3.63, 3.8) is 0 Å². The number of aryl methyl sites for hydroxylation is 1. The van der Waals surface area contributed by atoms with Crippen molar-refractivity contribution in [2.75, 3.05) is 5.32 Å². The first-order chi connectivity index (χ1) is 9.95. The molecule has 0 saturated heterocycles. The van der Waals surface area contributed by atoms with Gasteiger partial charge in [0.05, 0.1) is 5.25 Å². The molecule has 112 valence electrons. The fraction of sp³-hybridized carbons (Fsp3) is 0.400. The maximum absolute atomic E-state index is 12.2. The molecule has 1 atom stereocenters. The minimum Gasteiger partial charge on any atom is -0.325 e. The van der Waals surface area contributed by atoms with E-state index < -0.39 is 0 Å². The Balaban J connectivity index is 1.93. The van der Waals surface area contributed by atoms with E-state index in [-0.39, 0.29) is 11.2 Å². The fourth-order valence-corrected chi connectivity index (χ4v) is 3.69. The van der Waals surface area contributed by atoms with Crippen molar-refractivity contribution in [3.05, 3.63) is 34.8 Å². The number of benzene rings is 1. The zero-order chi connectivity index (χ0) is 15.4. The summed E-state index contributed by atoms with van der Waals surface area (Å²) in [6, 6.07) is 7.98. The molecule has 0 radical (unpaired) electrons. The summed E-state index contributed by atoms with van der Waals surface area (Å²) in [6.07, 6.45) is 0. The quantitative estimate of drug-likeness (QED) is 0.843. The monoisotopic (exact) mass is 321 g/mol. The summed E-state index contributed by atoms with van der Waals surface area (Å²) in [5.41, 5.74) is 2.09. The van der Waals surface area contributed by atoms with E-state index in [0.717, 1.165) is 15.0 Å². The molecule has 0 aliphatic rings. The second-order valence-corrected chi connectivity index (χ2v) is 7.88. The normalized spacial score (nSPS) is 12.4. The van der Waals surface area contributed by atoms with Crippen LogP contribution in [0.3, 0.4) is 0 Å². The van der Waals surface area contributed by atoms with Gasteiger partial charge >= 0.3 is 0 Å². The smallest absolute Gasteiger partial charge is 0.237 e. The zero-order valence-corrected chi connectivity index (χ0v) is 14.2. The summed E-state index contributed by atoms with van der Waals surface area (Å²) in [7, 11) is 0. The number of thioether (sulfide) groups is 1. The van der Waals surface area contributed by atoms with Gasteiger partial charge in [-0.2, -0.15) is 0 Å². The Morgan fingerprint density at radius 2 is 1.86 bits per heavy atom. The van der Waals surface area contributed by atoms with Crippen LogP contribution in [0.1, 0.15) is 37.3 Å². The highest BCUT2D eigenvalue weighted by Crippen LogP contribution is 2.27. The van der Waals surface area contributed by atoms with Gasteiger partial charge in [-0.3, -0.25) is 4.79 Å². The average Bonchev–Trinajstić information content (AvgIpc) is 2.84. The molecule has 0 bridgehead atoms. The maximum Gasteiger partial charge on any atom is 0.237 e. The SMILES string of the molecule is Cc1nnc(SC(C)C(=O)Nc2ccc(C(C)C)cc2)s1. The van der Waals surface area contributed by atoms with E-state index in [1.54, 1.807) is 0 Å². The summed E-state index contributed by atoms with van der Waals surface area (Å²) in [5.74, 6) is 0.468. The average molecular weight is 321 g/mol. The van der Waals surface area contributed by atoms with Gasteiger partial charge in [-0.15, -0.1) is 10.2 Å². The lowest BCUT2D eigenvalue weighted by Gasteiger charge is -2.11. The summed E-state index contributed by atoms with van der Waals surface area (Å²) in [6.45, 7) is 8.08. The fourth-order valence-electron chi connectivity index (χ4n) is 1.73. The van der Waals surface area contributed by atoms with Gasteiger partial charge in [0.15, 0.2) is 4.34 Å². The number of nitrogens with one attached hydrogen (secondary N) is 1. The standard InChI is InChI=1S/C15H19N3OS2/c1-9(2)12-5-7-13(8-6-12)16-14(19)10(3)20-15-18-17-11(4)21-15/h5-10H,1-4H3,(H,16,19). The van der Waals surface area contributed by atoms with E-state index in [9.17, 15) is 4.79 Å². The van der Waals surface area contributed by atoms with Crippen molar-refractivity contribution in [1.82, 2.24) is 10.2 Å². The molecule has 0 aliphatic heterocycles. The predicted molar refractivity (Wildman–Crippen MR) is 89.1 cm³/mol. The van der Waals surface area contributed by atoms with Gasteiger partial charge in [-0.25, -0.2) is 0 Å². The van der Waals surface area contributed by atoms with Crippen LogP contribution in [0.25, 0.3) is 0 Å². The molecule has 0 aliphatic carbocycles. The Morgan fingerprint density at radius 1 is 1.19 bits per heavy atom. The third-order valence-corrected chi connectivity index (χ3v) is 5.02. The first kappa shape index (κ1) is 16.0. The number of anilines is 1. The zero-order valence-electron chi connectivity index (χ0n) is 12.6. The summed E-state index contributed by atoms with van der Waals surface area (Å²) in [4.78, 5) is 12.2. The Morgan fingerprint density at radius 3 is 2.38 bits per heavy atom. The molecular weight excluding hydrogens is 302 g/mol. The molecule has 0 fully saturated rings. The molecule has 2 aromatic rings. The molecule has 1 amide bonds. The Kier molecular flexibility index (Phi) is 5.36. The lowest BCUT2D eigenvalue weighted by atomic mass is 10.0. The second kappa shape index (κ2) is 7.04. The maximum atomic E-state index is 12.2. The Bertz CT molecular complexity index is 608. The van der Waals surface area contributed by atoms with E-state index >= 15 is 0 Å². The first-order valence-electron chi connectivity index (χ1n) is 6.83. The molecule has 2 rings (SSSR count). The largest absolute Gasteiger partial charge is 0.325 e. The number of rotatable bonds is 5. The molecule has 1 aromatic heterocycles. The summed E-state index contributed by atoms with van der Waals surface area (Å²) >= 11 is 2.94. The van der Waals surface area contributed by atoms with E-state index in [1.165, 1.54) is 28.7 Å². The highest BCUT2D eigenvalue weighted by atomic mass is 32.2. The second-order valence-electron chi connectivity index (χ2n) is 5.11. The molecule has 6 heteroatoms. The predicted octanol–water partition coefficient (Wildman–Crippen LogP) is 4.09. The van der Waals surface area contributed by atoms with Gasteiger partial charge in [0.25, 0.3) is 0 Å².